The Balaban J connectivity index is 2.11. The molecule has 0 atom stereocenters. The van der Waals surface area contributed by atoms with Gasteiger partial charge in [-0.2, -0.15) is 0 Å². The van der Waals surface area contributed by atoms with Crippen molar-refractivity contribution in [2.45, 2.75) is 65.3 Å². The second-order valence-electron chi connectivity index (χ2n) is 8.61. The van der Waals surface area contributed by atoms with Crippen LogP contribution in [-0.2, 0) is 14.0 Å². The molecule has 0 N–H and O–H groups in total. The van der Waals surface area contributed by atoms with E-state index in [1.165, 1.54) is 39.0 Å². The van der Waals surface area contributed by atoms with Crippen molar-refractivity contribution in [3.63, 3.8) is 0 Å². The Labute approximate surface area is 179 Å². The Hall–Kier alpha value is -1.80. The summed E-state index contributed by atoms with van der Waals surface area (Å²) in [6, 6.07) is 4.18. The van der Waals surface area contributed by atoms with E-state index in [9.17, 15) is 4.79 Å². The van der Waals surface area contributed by atoms with Crippen molar-refractivity contribution >= 4 is 24.6 Å². The number of anilines is 1. The van der Waals surface area contributed by atoms with Crippen molar-refractivity contribution in [1.82, 2.24) is 9.88 Å². The standard InChI is InChI=1S/C20H32BN3O4/c1-18(2,3)26-17(25)24-13-11-23(12-14-24)16-10-8-9-15(22-16)21-27-19(4,5)20(6,7)28-21/h8-10H,11-14H2,1-7H3/i11D2,12D2,13D2,14D2. The number of amides is 1. The van der Waals surface area contributed by atoms with E-state index >= 15 is 0 Å². The summed E-state index contributed by atoms with van der Waals surface area (Å²) in [6.45, 7) is -1.62. The van der Waals surface area contributed by atoms with Crippen molar-refractivity contribution in [2.24, 2.45) is 0 Å². The molecule has 0 radical (unpaired) electrons. The molecule has 2 fully saturated rings. The average molecular weight is 397 g/mol. The van der Waals surface area contributed by atoms with Crippen LogP contribution in [0.4, 0.5) is 10.6 Å². The lowest BCUT2D eigenvalue weighted by atomic mass is 9.84. The summed E-state index contributed by atoms with van der Waals surface area (Å²) in [7, 11) is -0.983. The zero-order chi connectivity index (χ0) is 27.9. The molecule has 3 heterocycles. The van der Waals surface area contributed by atoms with Crippen molar-refractivity contribution in [3.05, 3.63) is 18.2 Å². The third-order valence-electron chi connectivity index (χ3n) is 4.60. The highest BCUT2D eigenvalue weighted by atomic mass is 16.7. The van der Waals surface area contributed by atoms with Gasteiger partial charge < -0.3 is 23.8 Å². The minimum atomic E-state index is -3.38. The van der Waals surface area contributed by atoms with E-state index in [0.717, 1.165) is 0 Å². The van der Waals surface area contributed by atoms with Crippen LogP contribution in [0.5, 0.6) is 0 Å². The molecule has 28 heavy (non-hydrogen) atoms. The molecular formula is C20H32BN3O4. The lowest BCUT2D eigenvalue weighted by molar-refractivity contribution is 0.00578. The molecule has 1 amide bonds. The molecule has 0 spiro atoms. The summed E-state index contributed by atoms with van der Waals surface area (Å²) >= 11 is 0. The van der Waals surface area contributed by atoms with Crippen LogP contribution < -0.4 is 10.5 Å². The van der Waals surface area contributed by atoms with E-state index in [1.807, 2.05) is 27.7 Å². The molecule has 1 aromatic rings. The fraction of sp³-hybridized carbons (Fsp3) is 0.700. The molecule has 3 rings (SSSR count). The van der Waals surface area contributed by atoms with E-state index in [0.29, 0.717) is 0 Å². The lowest BCUT2D eigenvalue weighted by Gasteiger charge is -2.36. The van der Waals surface area contributed by atoms with Crippen LogP contribution >= 0.6 is 0 Å². The maximum atomic E-state index is 12.8. The molecule has 154 valence electrons. The third-order valence-corrected chi connectivity index (χ3v) is 4.60. The van der Waals surface area contributed by atoms with Crippen LogP contribution in [0.1, 0.15) is 59.4 Å². The topological polar surface area (TPSA) is 64.1 Å². The highest BCUT2D eigenvalue weighted by Gasteiger charge is 2.52. The van der Waals surface area contributed by atoms with E-state index in [4.69, 9.17) is 25.0 Å². The normalized spacial score (nSPS) is 33.2. The first kappa shape index (κ1) is 12.7. The fourth-order valence-electron chi connectivity index (χ4n) is 2.43. The van der Waals surface area contributed by atoms with Gasteiger partial charge in [0.15, 0.2) is 0 Å². The van der Waals surface area contributed by atoms with E-state index in [1.54, 1.807) is 0 Å². The lowest BCUT2D eigenvalue weighted by Crippen LogP contribution is -2.50. The van der Waals surface area contributed by atoms with Gasteiger partial charge in [-0.15, -0.1) is 0 Å². The highest BCUT2D eigenvalue weighted by Crippen LogP contribution is 2.36. The molecule has 0 aromatic carbocycles. The maximum absolute atomic E-state index is 12.8. The average Bonchev–Trinajstić information content (AvgIpc) is 2.86. The van der Waals surface area contributed by atoms with Crippen LogP contribution in [0.2, 0.25) is 0 Å². The second kappa shape index (κ2) is 7.23. The molecule has 2 aliphatic heterocycles. The molecule has 0 aliphatic carbocycles. The van der Waals surface area contributed by atoms with Crippen molar-refractivity contribution < 1.29 is 29.8 Å². The van der Waals surface area contributed by atoms with Gasteiger partial charge in [-0.25, -0.2) is 9.78 Å². The largest absolute Gasteiger partial charge is 0.514 e. The second-order valence-corrected chi connectivity index (χ2v) is 8.61. The molecule has 2 aliphatic rings. The van der Waals surface area contributed by atoms with Gasteiger partial charge in [0, 0.05) is 26.0 Å². The Morgan fingerprint density at radius 1 is 1.14 bits per heavy atom. The van der Waals surface area contributed by atoms with Gasteiger partial charge in [-0.3, -0.25) is 0 Å². The minimum Gasteiger partial charge on any atom is -0.444 e. The Bertz CT molecular complexity index is 1000. The Morgan fingerprint density at radius 3 is 2.25 bits per heavy atom. The van der Waals surface area contributed by atoms with Gasteiger partial charge in [-0.05, 0) is 60.6 Å². The number of carbonyl (C=O) groups excluding carboxylic acids is 1. The van der Waals surface area contributed by atoms with Crippen LogP contribution in [-0.4, -0.2) is 65.9 Å². The molecule has 1 aromatic heterocycles. The minimum absolute atomic E-state index is 0.153. The number of carbonyl (C=O) groups is 1. The first-order valence-corrected chi connectivity index (χ1v) is 9.06. The smallest absolute Gasteiger partial charge is 0.444 e. The number of piperazine rings is 1. The molecule has 0 saturated carbocycles. The molecule has 8 heteroatoms. The van der Waals surface area contributed by atoms with Gasteiger partial charge in [0.1, 0.15) is 11.4 Å². The van der Waals surface area contributed by atoms with Gasteiger partial charge in [0.2, 0.25) is 0 Å². The van der Waals surface area contributed by atoms with Gasteiger partial charge >= 0.3 is 13.2 Å². The maximum Gasteiger partial charge on any atom is 0.514 e. The molecular weight excluding hydrogens is 357 g/mol. The summed E-state index contributed by atoms with van der Waals surface area (Å²) in [5, 5.41) is 0. The summed E-state index contributed by atoms with van der Waals surface area (Å²) in [6.07, 6.45) is -1.54. The van der Waals surface area contributed by atoms with Gasteiger partial charge in [-0.1, -0.05) is 6.07 Å². The summed E-state index contributed by atoms with van der Waals surface area (Å²) in [5.41, 5.74) is -2.44. The van der Waals surface area contributed by atoms with Crippen LogP contribution in [0.15, 0.2) is 18.2 Å². The number of nitrogens with zero attached hydrogens (tertiary/aromatic N) is 3. The van der Waals surface area contributed by atoms with Crippen LogP contribution in [0.3, 0.4) is 0 Å². The van der Waals surface area contributed by atoms with Gasteiger partial charge in [0.05, 0.1) is 27.8 Å². The van der Waals surface area contributed by atoms with Crippen molar-refractivity contribution in [3.8, 4) is 0 Å². The number of hydrogen-bond donors (Lipinski definition) is 0. The number of ether oxygens (including phenoxy) is 1. The number of rotatable bonds is 2. The van der Waals surface area contributed by atoms with Crippen molar-refractivity contribution in [2.75, 3.05) is 30.9 Å². The molecule has 0 unspecified atom stereocenters. The van der Waals surface area contributed by atoms with Gasteiger partial charge in [0.25, 0.3) is 0 Å². The Kier molecular flexibility index (Phi) is 3.28. The first-order valence-electron chi connectivity index (χ1n) is 13.1. The molecule has 2 saturated heterocycles. The summed E-state index contributed by atoms with van der Waals surface area (Å²) in [4.78, 5) is 17.2. The number of aromatic nitrogens is 1. The molecule has 0 bridgehead atoms. The predicted octanol–water partition coefficient (Wildman–Crippen LogP) is 2.44. The molecule has 7 nitrogen and oxygen atoms in total. The quantitative estimate of drug-likeness (QED) is 0.715. The van der Waals surface area contributed by atoms with Crippen molar-refractivity contribution in [1.29, 1.82) is 0 Å². The zero-order valence-corrected chi connectivity index (χ0v) is 17.3. The first-order chi connectivity index (χ1) is 15.9. The Morgan fingerprint density at radius 2 is 1.71 bits per heavy atom. The monoisotopic (exact) mass is 397 g/mol. The van der Waals surface area contributed by atoms with Crippen LogP contribution in [0.25, 0.3) is 0 Å². The highest BCUT2D eigenvalue weighted by molar-refractivity contribution is 6.61. The van der Waals surface area contributed by atoms with E-state index in [2.05, 4.69) is 4.98 Å². The van der Waals surface area contributed by atoms with E-state index in [-0.39, 0.29) is 15.4 Å². The van der Waals surface area contributed by atoms with Crippen LogP contribution in [0, 0.1) is 0 Å². The zero-order valence-electron chi connectivity index (χ0n) is 25.3. The number of hydrogen-bond acceptors (Lipinski definition) is 6. The van der Waals surface area contributed by atoms with E-state index < -0.39 is 61.8 Å². The summed E-state index contributed by atoms with van der Waals surface area (Å²) < 4.78 is 85.2. The fourth-order valence-corrected chi connectivity index (χ4v) is 2.43. The third kappa shape index (κ3) is 4.44. The summed E-state index contributed by atoms with van der Waals surface area (Å²) in [5.74, 6) is -0.409. The predicted molar refractivity (Wildman–Crippen MR) is 110 cm³/mol. The SMILES string of the molecule is [2H]C1([2H])N(C(=O)OC(C)(C)C)C([2H])([2H])C([2H])([2H])N(c2cccc(B3OC(C)(C)C(C)(C)O3)n2)C1([2H])[2H]. The number of pyridine rings is 1.